The largest absolute Gasteiger partial charge is 0.114 e. The van der Waals surface area contributed by atoms with Crippen molar-refractivity contribution in [2.75, 3.05) is 13.3 Å². The Hall–Kier alpha value is -0.610. The zero-order chi connectivity index (χ0) is 7.40. The molecular formula is C9H12P+. The topological polar surface area (TPSA) is 0 Å². The first-order valence-electron chi connectivity index (χ1n) is 3.35. The smallest absolute Gasteiger partial charge is 0.0622 e. The van der Waals surface area contributed by atoms with E-state index in [-0.39, 0.29) is 7.55 Å². The van der Waals surface area contributed by atoms with Gasteiger partial charge >= 0.3 is 0 Å². The van der Waals surface area contributed by atoms with Crippen LogP contribution in [0.25, 0.3) is 0 Å². The molecule has 1 aromatic carbocycles. The highest BCUT2D eigenvalue weighted by Gasteiger charge is 1.90. The maximum Gasteiger partial charge on any atom is 0.114 e. The Labute approximate surface area is 63.3 Å². The van der Waals surface area contributed by atoms with Crippen LogP contribution < -0.4 is 0 Å². The fraction of sp³-hybridized carbons (Fsp3) is 0.222. The number of benzene rings is 1. The van der Waals surface area contributed by atoms with Crippen LogP contribution in [0.4, 0.5) is 0 Å². The van der Waals surface area contributed by atoms with Crippen molar-refractivity contribution < 1.29 is 0 Å². The molecule has 0 atom stereocenters. The van der Waals surface area contributed by atoms with Crippen molar-refractivity contribution in [3.8, 4) is 0 Å². The van der Waals surface area contributed by atoms with E-state index in [2.05, 4.69) is 43.4 Å². The molecule has 0 aliphatic carbocycles. The Bertz CT molecular complexity index is 220. The SMILES string of the molecule is C[P+](C)=Cc1ccccc1. The van der Waals surface area contributed by atoms with Gasteiger partial charge in [0, 0.05) is 5.56 Å². The van der Waals surface area contributed by atoms with Crippen molar-refractivity contribution in [3.63, 3.8) is 0 Å². The highest BCUT2D eigenvalue weighted by molar-refractivity contribution is 7.56. The molecule has 0 unspecified atom stereocenters. The fourth-order valence-corrected chi connectivity index (χ4v) is 1.61. The van der Waals surface area contributed by atoms with E-state index in [1.54, 1.807) is 0 Å². The molecule has 0 nitrogen and oxygen atoms in total. The summed E-state index contributed by atoms with van der Waals surface area (Å²) in [5.41, 5.74) is 1.35. The third-order valence-corrected chi connectivity index (χ3v) is 2.02. The second-order valence-electron chi connectivity index (χ2n) is 2.50. The van der Waals surface area contributed by atoms with Gasteiger partial charge in [0.25, 0.3) is 0 Å². The van der Waals surface area contributed by atoms with Crippen LogP contribution in [-0.2, 0) is 0 Å². The molecule has 0 radical (unpaired) electrons. The summed E-state index contributed by atoms with van der Waals surface area (Å²) in [5, 5.41) is 0. The van der Waals surface area contributed by atoms with E-state index >= 15 is 0 Å². The molecule has 0 amide bonds. The highest BCUT2D eigenvalue weighted by Crippen LogP contribution is 2.10. The van der Waals surface area contributed by atoms with Gasteiger partial charge in [-0.2, -0.15) is 0 Å². The lowest BCUT2D eigenvalue weighted by atomic mass is 10.2. The van der Waals surface area contributed by atoms with Crippen LogP contribution in [-0.4, -0.2) is 19.1 Å². The number of hydrogen-bond donors (Lipinski definition) is 0. The Balaban J connectivity index is 2.87. The summed E-state index contributed by atoms with van der Waals surface area (Å²) < 4.78 is 0. The quantitative estimate of drug-likeness (QED) is 0.541. The van der Waals surface area contributed by atoms with E-state index in [0.29, 0.717) is 0 Å². The lowest BCUT2D eigenvalue weighted by molar-refractivity contribution is 1.69. The molecule has 52 valence electrons. The average Bonchev–Trinajstić information content (AvgIpc) is 1.88. The van der Waals surface area contributed by atoms with Crippen LogP contribution in [0.5, 0.6) is 0 Å². The Morgan fingerprint density at radius 1 is 1.10 bits per heavy atom. The molecule has 0 N–H and O–H groups in total. The summed E-state index contributed by atoms with van der Waals surface area (Å²) in [5.74, 6) is 2.31. The molecule has 0 spiro atoms. The van der Waals surface area contributed by atoms with Crippen LogP contribution in [0.1, 0.15) is 5.56 Å². The minimum Gasteiger partial charge on any atom is -0.0622 e. The van der Waals surface area contributed by atoms with Gasteiger partial charge in [-0.1, -0.05) is 30.3 Å². The first kappa shape index (κ1) is 7.50. The summed E-state index contributed by atoms with van der Waals surface area (Å²) in [7, 11) is 0.0983. The van der Waals surface area contributed by atoms with E-state index in [1.807, 2.05) is 6.07 Å². The van der Waals surface area contributed by atoms with Crippen molar-refractivity contribution in [2.45, 2.75) is 0 Å². The third-order valence-electron chi connectivity index (χ3n) is 1.21. The van der Waals surface area contributed by atoms with Gasteiger partial charge in [0.2, 0.25) is 0 Å². The maximum absolute atomic E-state index is 2.31. The standard InChI is InChI=1S/C9H12P/c1-10(2)8-9-6-4-3-5-7-9/h3-8H,1-2H3/q+1. The molecule has 0 saturated heterocycles. The van der Waals surface area contributed by atoms with Gasteiger partial charge in [0.15, 0.2) is 0 Å². The van der Waals surface area contributed by atoms with Crippen molar-refractivity contribution in [2.24, 2.45) is 0 Å². The second-order valence-corrected chi connectivity index (χ2v) is 4.69. The zero-order valence-corrected chi connectivity index (χ0v) is 7.31. The molecule has 10 heavy (non-hydrogen) atoms. The van der Waals surface area contributed by atoms with Crippen molar-refractivity contribution in [1.82, 2.24) is 0 Å². The predicted octanol–water partition coefficient (Wildman–Crippen LogP) is 2.58. The van der Waals surface area contributed by atoms with Crippen LogP contribution >= 0.6 is 7.55 Å². The van der Waals surface area contributed by atoms with Crippen molar-refractivity contribution >= 4 is 13.3 Å². The Morgan fingerprint density at radius 2 is 1.70 bits per heavy atom. The molecule has 0 fully saturated rings. The van der Waals surface area contributed by atoms with Crippen molar-refractivity contribution in [1.29, 1.82) is 0 Å². The molecule has 0 heterocycles. The molecule has 0 bridgehead atoms. The minimum absolute atomic E-state index is 0.0983. The molecule has 1 heteroatoms. The zero-order valence-electron chi connectivity index (χ0n) is 6.41. The van der Waals surface area contributed by atoms with Gasteiger partial charge < -0.3 is 0 Å². The third kappa shape index (κ3) is 2.33. The van der Waals surface area contributed by atoms with Gasteiger partial charge in [-0.05, 0) is 0 Å². The van der Waals surface area contributed by atoms with Crippen LogP contribution in [0.2, 0.25) is 0 Å². The van der Waals surface area contributed by atoms with Gasteiger partial charge in [-0.15, -0.1) is 0 Å². The monoisotopic (exact) mass is 151 g/mol. The lowest BCUT2D eigenvalue weighted by Gasteiger charge is -1.85. The fourth-order valence-electron chi connectivity index (χ4n) is 0.837. The van der Waals surface area contributed by atoms with Crippen molar-refractivity contribution in [3.05, 3.63) is 35.9 Å². The average molecular weight is 151 g/mol. The summed E-state index contributed by atoms with van der Waals surface area (Å²) in [6, 6.07) is 10.5. The number of hydrogen-bond acceptors (Lipinski definition) is 0. The van der Waals surface area contributed by atoms with E-state index in [4.69, 9.17) is 0 Å². The predicted molar refractivity (Wildman–Crippen MR) is 50.4 cm³/mol. The lowest BCUT2D eigenvalue weighted by Crippen LogP contribution is -1.75. The second kappa shape index (κ2) is 3.53. The van der Waals surface area contributed by atoms with Crippen LogP contribution in [0, 0.1) is 0 Å². The Morgan fingerprint density at radius 3 is 2.20 bits per heavy atom. The van der Waals surface area contributed by atoms with Gasteiger partial charge in [0.05, 0.1) is 20.9 Å². The van der Waals surface area contributed by atoms with Gasteiger partial charge in [0.1, 0.15) is 5.80 Å². The van der Waals surface area contributed by atoms with E-state index in [1.165, 1.54) is 5.56 Å². The highest BCUT2D eigenvalue weighted by atomic mass is 31.1. The summed E-state index contributed by atoms with van der Waals surface area (Å²) in [6.07, 6.45) is 0. The Kier molecular flexibility index (Phi) is 2.65. The molecule has 1 rings (SSSR count). The van der Waals surface area contributed by atoms with E-state index < -0.39 is 0 Å². The summed E-state index contributed by atoms with van der Waals surface area (Å²) >= 11 is 0. The first-order chi connectivity index (χ1) is 4.79. The van der Waals surface area contributed by atoms with Gasteiger partial charge in [-0.3, -0.25) is 0 Å². The van der Waals surface area contributed by atoms with Crippen LogP contribution in [0.3, 0.4) is 0 Å². The summed E-state index contributed by atoms with van der Waals surface area (Å²) in [4.78, 5) is 0. The molecule has 0 aliphatic heterocycles. The molecule has 1 aromatic rings. The minimum atomic E-state index is 0.0983. The molecule has 0 aliphatic rings. The van der Waals surface area contributed by atoms with E-state index in [9.17, 15) is 0 Å². The number of rotatable bonds is 1. The summed E-state index contributed by atoms with van der Waals surface area (Å²) in [6.45, 7) is 4.50. The van der Waals surface area contributed by atoms with Gasteiger partial charge in [-0.25, -0.2) is 0 Å². The normalized spacial score (nSPS) is 9.00. The maximum atomic E-state index is 2.31. The van der Waals surface area contributed by atoms with E-state index in [0.717, 1.165) is 0 Å². The molecular weight excluding hydrogens is 139 g/mol. The molecule has 0 saturated carbocycles. The van der Waals surface area contributed by atoms with Crippen LogP contribution in [0.15, 0.2) is 30.3 Å². The molecule has 0 aromatic heterocycles. The first-order valence-corrected chi connectivity index (χ1v) is 5.66.